The molecule has 1 saturated heterocycles. The fourth-order valence-corrected chi connectivity index (χ4v) is 4.85. The maximum Gasteiger partial charge on any atom is 0.241 e. The second-order valence-electron chi connectivity index (χ2n) is 6.68. The highest BCUT2D eigenvalue weighted by Gasteiger charge is 2.45. The summed E-state index contributed by atoms with van der Waals surface area (Å²) in [7, 11) is -3.08. The van der Waals surface area contributed by atoms with E-state index in [0.29, 0.717) is 5.92 Å². The van der Waals surface area contributed by atoms with E-state index in [1.165, 1.54) is 19.1 Å². The average molecular weight is 316 g/mol. The number of rotatable bonds is 6. The van der Waals surface area contributed by atoms with Crippen molar-refractivity contribution >= 4 is 15.7 Å². The molecule has 5 nitrogen and oxygen atoms in total. The standard InChI is InChI=1S/C15H28N2O3S/c1-4-7-13-15(18)17(11(2)10-21(3,19)20)14(16-13)12-8-5-6-9-12/h11-14,16H,4-10H2,1-3H3. The van der Waals surface area contributed by atoms with Gasteiger partial charge in [0.15, 0.2) is 0 Å². The second kappa shape index (κ2) is 6.65. The topological polar surface area (TPSA) is 66.5 Å². The van der Waals surface area contributed by atoms with Gasteiger partial charge < -0.3 is 4.90 Å². The van der Waals surface area contributed by atoms with Crippen LogP contribution in [-0.4, -0.2) is 49.5 Å². The van der Waals surface area contributed by atoms with Crippen LogP contribution < -0.4 is 5.32 Å². The van der Waals surface area contributed by atoms with Crippen LogP contribution in [0.2, 0.25) is 0 Å². The summed E-state index contributed by atoms with van der Waals surface area (Å²) in [6.07, 6.45) is 7.73. The average Bonchev–Trinajstić information content (AvgIpc) is 2.96. The molecule has 1 amide bonds. The van der Waals surface area contributed by atoms with Gasteiger partial charge in [-0.2, -0.15) is 0 Å². The van der Waals surface area contributed by atoms with Crippen LogP contribution in [-0.2, 0) is 14.6 Å². The van der Waals surface area contributed by atoms with E-state index in [9.17, 15) is 13.2 Å². The van der Waals surface area contributed by atoms with Gasteiger partial charge in [0, 0.05) is 12.3 Å². The van der Waals surface area contributed by atoms with Gasteiger partial charge >= 0.3 is 0 Å². The highest BCUT2D eigenvalue weighted by molar-refractivity contribution is 7.90. The van der Waals surface area contributed by atoms with Gasteiger partial charge in [-0.15, -0.1) is 0 Å². The lowest BCUT2D eigenvalue weighted by Crippen LogP contribution is -2.49. The highest BCUT2D eigenvalue weighted by Crippen LogP contribution is 2.33. The van der Waals surface area contributed by atoms with Gasteiger partial charge in [0.2, 0.25) is 5.91 Å². The van der Waals surface area contributed by atoms with E-state index >= 15 is 0 Å². The molecule has 2 aliphatic rings. The third kappa shape index (κ3) is 3.97. The van der Waals surface area contributed by atoms with E-state index < -0.39 is 9.84 Å². The van der Waals surface area contributed by atoms with Crippen molar-refractivity contribution in [1.29, 1.82) is 0 Å². The first-order valence-corrected chi connectivity index (χ1v) is 10.2. The molecule has 3 atom stereocenters. The second-order valence-corrected chi connectivity index (χ2v) is 8.87. The molecule has 0 aromatic carbocycles. The number of amides is 1. The predicted octanol–water partition coefficient (Wildman–Crippen LogP) is 1.54. The maximum absolute atomic E-state index is 12.7. The number of carbonyl (C=O) groups excluding carboxylic acids is 1. The molecule has 0 aromatic rings. The number of carbonyl (C=O) groups is 1. The first-order valence-electron chi connectivity index (χ1n) is 8.09. The van der Waals surface area contributed by atoms with Crippen LogP contribution in [0, 0.1) is 5.92 Å². The van der Waals surface area contributed by atoms with Crippen LogP contribution in [0.5, 0.6) is 0 Å². The van der Waals surface area contributed by atoms with E-state index in [1.54, 1.807) is 0 Å². The molecule has 1 heterocycles. The van der Waals surface area contributed by atoms with Gasteiger partial charge in [0.1, 0.15) is 9.84 Å². The van der Waals surface area contributed by atoms with E-state index in [0.717, 1.165) is 25.7 Å². The molecule has 1 aliphatic carbocycles. The molecule has 1 aliphatic heterocycles. The molecule has 6 heteroatoms. The number of hydrogen-bond donors (Lipinski definition) is 1. The third-order valence-electron chi connectivity index (χ3n) is 4.67. The molecular weight excluding hydrogens is 288 g/mol. The zero-order chi connectivity index (χ0) is 15.6. The Balaban J connectivity index is 2.17. The minimum absolute atomic E-state index is 0.0216. The molecule has 0 bridgehead atoms. The first kappa shape index (κ1) is 16.7. The van der Waals surface area contributed by atoms with Gasteiger partial charge in [-0.3, -0.25) is 10.1 Å². The fourth-order valence-electron chi connectivity index (χ4n) is 3.82. The molecule has 122 valence electrons. The largest absolute Gasteiger partial charge is 0.322 e. The molecule has 1 N–H and O–H groups in total. The zero-order valence-electron chi connectivity index (χ0n) is 13.3. The first-order chi connectivity index (χ1) is 9.83. The molecule has 0 radical (unpaired) electrons. The van der Waals surface area contributed by atoms with E-state index in [2.05, 4.69) is 12.2 Å². The minimum atomic E-state index is -3.08. The van der Waals surface area contributed by atoms with Crippen molar-refractivity contribution < 1.29 is 13.2 Å². The van der Waals surface area contributed by atoms with Gasteiger partial charge in [-0.1, -0.05) is 26.2 Å². The zero-order valence-corrected chi connectivity index (χ0v) is 14.2. The maximum atomic E-state index is 12.7. The van der Waals surface area contributed by atoms with Crippen LogP contribution in [0.15, 0.2) is 0 Å². The highest BCUT2D eigenvalue weighted by atomic mass is 32.2. The summed E-state index contributed by atoms with van der Waals surface area (Å²) < 4.78 is 23.2. The number of hydrogen-bond acceptors (Lipinski definition) is 4. The Labute approximate surface area is 128 Å². The third-order valence-corrected chi connectivity index (χ3v) is 5.75. The Morgan fingerprint density at radius 2 is 1.95 bits per heavy atom. The number of nitrogens with one attached hydrogen (secondary N) is 1. The number of sulfone groups is 1. The summed E-state index contributed by atoms with van der Waals surface area (Å²) in [5, 5.41) is 3.48. The van der Waals surface area contributed by atoms with Gasteiger partial charge in [-0.05, 0) is 32.1 Å². The molecule has 0 spiro atoms. The van der Waals surface area contributed by atoms with E-state index in [4.69, 9.17) is 0 Å². The van der Waals surface area contributed by atoms with Crippen LogP contribution in [0.4, 0.5) is 0 Å². The van der Waals surface area contributed by atoms with Crippen molar-refractivity contribution in [2.45, 2.75) is 70.6 Å². The molecule has 21 heavy (non-hydrogen) atoms. The Morgan fingerprint density at radius 3 is 2.48 bits per heavy atom. The summed E-state index contributed by atoms with van der Waals surface area (Å²) in [5.74, 6) is 0.602. The fraction of sp³-hybridized carbons (Fsp3) is 0.933. The summed E-state index contributed by atoms with van der Waals surface area (Å²) in [6, 6.07) is -0.393. The molecule has 3 unspecified atom stereocenters. The molecule has 1 saturated carbocycles. The van der Waals surface area contributed by atoms with Crippen molar-refractivity contribution in [3.05, 3.63) is 0 Å². The smallest absolute Gasteiger partial charge is 0.241 e. The van der Waals surface area contributed by atoms with Crippen molar-refractivity contribution in [3.63, 3.8) is 0 Å². The molecule has 2 rings (SSSR count). The van der Waals surface area contributed by atoms with Gasteiger partial charge in [0.05, 0.1) is 18.0 Å². The van der Waals surface area contributed by atoms with Crippen LogP contribution in [0.3, 0.4) is 0 Å². The summed E-state index contributed by atoms with van der Waals surface area (Å²) in [4.78, 5) is 14.5. The Hall–Kier alpha value is -0.620. The minimum Gasteiger partial charge on any atom is -0.322 e. The van der Waals surface area contributed by atoms with Crippen molar-refractivity contribution in [3.8, 4) is 0 Å². The number of nitrogens with zero attached hydrogens (tertiary/aromatic N) is 1. The van der Waals surface area contributed by atoms with Crippen molar-refractivity contribution in [2.24, 2.45) is 5.92 Å². The van der Waals surface area contributed by atoms with Crippen LogP contribution >= 0.6 is 0 Å². The van der Waals surface area contributed by atoms with Crippen molar-refractivity contribution in [1.82, 2.24) is 10.2 Å². The summed E-state index contributed by atoms with van der Waals surface area (Å²) in [5.41, 5.74) is 0. The van der Waals surface area contributed by atoms with Crippen LogP contribution in [0.1, 0.15) is 52.4 Å². The SMILES string of the molecule is CCCC1NC(C2CCCC2)N(C(C)CS(C)(=O)=O)C1=O. The van der Waals surface area contributed by atoms with E-state index in [1.807, 2.05) is 11.8 Å². The van der Waals surface area contributed by atoms with Crippen LogP contribution in [0.25, 0.3) is 0 Å². The van der Waals surface area contributed by atoms with Crippen molar-refractivity contribution in [2.75, 3.05) is 12.0 Å². The molecule has 2 fully saturated rings. The van der Waals surface area contributed by atoms with E-state index in [-0.39, 0.29) is 29.9 Å². The lowest BCUT2D eigenvalue weighted by atomic mass is 10.0. The lowest BCUT2D eigenvalue weighted by Gasteiger charge is -2.33. The summed E-state index contributed by atoms with van der Waals surface area (Å²) in [6.45, 7) is 3.93. The monoisotopic (exact) mass is 316 g/mol. The predicted molar refractivity (Wildman–Crippen MR) is 83.6 cm³/mol. The Kier molecular flexibility index (Phi) is 5.30. The quantitative estimate of drug-likeness (QED) is 0.807. The Morgan fingerprint density at radius 1 is 1.33 bits per heavy atom. The normalized spacial score (nSPS) is 29.3. The Bertz CT molecular complexity index is 471. The molecular formula is C15H28N2O3S. The summed E-state index contributed by atoms with van der Waals surface area (Å²) >= 11 is 0. The molecule has 0 aromatic heterocycles. The lowest BCUT2D eigenvalue weighted by molar-refractivity contribution is -0.132. The van der Waals surface area contributed by atoms with Gasteiger partial charge in [-0.25, -0.2) is 8.42 Å². The van der Waals surface area contributed by atoms with Gasteiger partial charge in [0.25, 0.3) is 0 Å².